The van der Waals surface area contributed by atoms with Crippen molar-refractivity contribution in [1.82, 2.24) is 5.43 Å². The van der Waals surface area contributed by atoms with Gasteiger partial charge in [0.05, 0.1) is 19.3 Å². The quantitative estimate of drug-likeness (QED) is 0.881. The van der Waals surface area contributed by atoms with E-state index in [1.807, 2.05) is 47.5 Å². The Kier molecular flexibility index (Phi) is 3.58. The van der Waals surface area contributed by atoms with E-state index in [4.69, 9.17) is 16.3 Å². The van der Waals surface area contributed by atoms with Gasteiger partial charge >= 0.3 is 0 Å². The third-order valence-corrected chi connectivity index (χ3v) is 4.52. The average Bonchev–Trinajstić information content (AvgIpc) is 2.60. The molecule has 0 atom stereocenters. The van der Waals surface area contributed by atoms with E-state index >= 15 is 0 Å². The van der Waals surface area contributed by atoms with Gasteiger partial charge in [0.25, 0.3) is 5.91 Å². The van der Waals surface area contributed by atoms with Crippen LogP contribution in [0, 0.1) is 0 Å². The largest absolute Gasteiger partial charge is 0.497 e. The van der Waals surface area contributed by atoms with Gasteiger partial charge in [0.1, 0.15) is 11.4 Å². The number of hydrazine groups is 1. The second-order valence-electron chi connectivity index (χ2n) is 5.81. The molecule has 2 N–H and O–H groups in total. The molecule has 4 rings (SSSR count). The van der Waals surface area contributed by atoms with Gasteiger partial charge in [-0.05, 0) is 60.0 Å². The standard InChI is InChI=1S/C18H16ClN3O2/c1-24-15-5-3-14(4-6-15)22-10-12-8-11-9-13(19)2-7-16(11)20-17(12)18(23)21-22/h2-7,9,20H,8,10H2,1H3,(H,21,23). The number of hydrogen-bond acceptors (Lipinski definition) is 4. The highest BCUT2D eigenvalue weighted by atomic mass is 35.5. The summed E-state index contributed by atoms with van der Waals surface area (Å²) in [7, 11) is 1.63. The lowest BCUT2D eigenvalue weighted by molar-refractivity contribution is -0.117. The summed E-state index contributed by atoms with van der Waals surface area (Å²) in [6.45, 7) is 0.617. The van der Waals surface area contributed by atoms with Crippen LogP contribution >= 0.6 is 11.6 Å². The van der Waals surface area contributed by atoms with Crippen molar-refractivity contribution in [3.63, 3.8) is 0 Å². The van der Waals surface area contributed by atoms with Crippen molar-refractivity contribution >= 4 is 28.9 Å². The molecule has 2 aliphatic rings. The van der Waals surface area contributed by atoms with E-state index in [0.717, 1.165) is 28.3 Å². The number of nitrogens with one attached hydrogen (secondary N) is 2. The normalized spacial score (nSPS) is 16.1. The van der Waals surface area contributed by atoms with Crippen LogP contribution in [0.25, 0.3) is 0 Å². The minimum atomic E-state index is -0.132. The minimum absolute atomic E-state index is 0.132. The first-order chi connectivity index (χ1) is 11.6. The number of amides is 1. The van der Waals surface area contributed by atoms with E-state index in [9.17, 15) is 4.79 Å². The van der Waals surface area contributed by atoms with Crippen LogP contribution in [0.1, 0.15) is 5.56 Å². The number of benzene rings is 2. The summed E-state index contributed by atoms with van der Waals surface area (Å²) in [5.74, 6) is 0.651. The second-order valence-corrected chi connectivity index (χ2v) is 6.24. The average molecular weight is 342 g/mol. The number of fused-ring (bicyclic) bond motifs is 1. The van der Waals surface area contributed by atoms with Gasteiger partial charge in [0.15, 0.2) is 0 Å². The Morgan fingerprint density at radius 3 is 2.71 bits per heavy atom. The number of methoxy groups -OCH3 is 1. The molecule has 2 aliphatic heterocycles. The third kappa shape index (κ3) is 2.57. The van der Waals surface area contributed by atoms with Crippen molar-refractivity contribution in [3.8, 4) is 5.75 Å². The maximum absolute atomic E-state index is 12.5. The lowest BCUT2D eigenvalue weighted by Gasteiger charge is -2.35. The molecular formula is C18H16ClN3O2. The molecule has 24 heavy (non-hydrogen) atoms. The van der Waals surface area contributed by atoms with Crippen LogP contribution < -0.4 is 20.5 Å². The molecule has 0 saturated heterocycles. The van der Waals surface area contributed by atoms with Crippen LogP contribution in [0.4, 0.5) is 11.4 Å². The Morgan fingerprint density at radius 1 is 1.17 bits per heavy atom. The molecule has 0 fully saturated rings. The van der Waals surface area contributed by atoms with Gasteiger partial charge in [-0.2, -0.15) is 0 Å². The summed E-state index contributed by atoms with van der Waals surface area (Å²) in [6.07, 6.45) is 0.707. The van der Waals surface area contributed by atoms with Gasteiger partial charge in [-0.3, -0.25) is 15.2 Å². The maximum atomic E-state index is 12.5. The van der Waals surface area contributed by atoms with Crippen molar-refractivity contribution in [2.24, 2.45) is 0 Å². The van der Waals surface area contributed by atoms with Gasteiger partial charge < -0.3 is 10.1 Å². The fraction of sp³-hybridized carbons (Fsp3) is 0.167. The van der Waals surface area contributed by atoms with Crippen LogP contribution in [0.3, 0.4) is 0 Å². The summed E-state index contributed by atoms with van der Waals surface area (Å²) in [4.78, 5) is 12.5. The number of carbonyl (C=O) groups excluding carboxylic acids is 1. The van der Waals surface area contributed by atoms with E-state index in [0.29, 0.717) is 23.7 Å². The predicted octanol–water partition coefficient (Wildman–Crippen LogP) is 3.12. The van der Waals surface area contributed by atoms with Crippen LogP contribution in [0.5, 0.6) is 5.75 Å². The molecule has 6 heteroatoms. The Balaban J connectivity index is 1.62. The molecule has 0 bridgehead atoms. The highest BCUT2D eigenvalue weighted by Crippen LogP contribution is 2.32. The third-order valence-electron chi connectivity index (χ3n) is 4.28. The summed E-state index contributed by atoms with van der Waals surface area (Å²) < 4.78 is 5.18. The van der Waals surface area contributed by atoms with E-state index < -0.39 is 0 Å². The highest BCUT2D eigenvalue weighted by molar-refractivity contribution is 6.30. The van der Waals surface area contributed by atoms with Gasteiger partial charge in [0, 0.05) is 10.7 Å². The smallest absolute Gasteiger partial charge is 0.286 e. The summed E-state index contributed by atoms with van der Waals surface area (Å²) in [5.41, 5.74) is 7.55. The molecule has 0 radical (unpaired) electrons. The second kappa shape index (κ2) is 5.76. The molecule has 1 amide bonds. The van der Waals surface area contributed by atoms with Gasteiger partial charge in [-0.15, -0.1) is 0 Å². The first-order valence-electron chi connectivity index (χ1n) is 7.64. The molecule has 2 heterocycles. The lowest BCUT2D eigenvalue weighted by atomic mass is 9.95. The summed E-state index contributed by atoms with van der Waals surface area (Å²) in [6, 6.07) is 13.3. The molecule has 0 aliphatic carbocycles. The van der Waals surface area contributed by atoms with Crippen molar-refractivity contribution in [2.45, 2.75) is 6.42 Å². The molecule has 2 aromatic carbocycles. The number of ether oxygens (including phenoxy) is 1. The predicted molar refractivity (Wildman–Crippen MR) is 94.3 cm³/mol. The molecule has 0 unspecified atom stereocenters. The molecule has 0 saturated carbocycles. The van der Waals surface area contributed by atoms with E-state index in [2.05, 4.69) is 10.7 Å². The van der Waals surface area contributed by atoms with E-state index in [1.54, 1.807) is 7.11 Å². The first kappa shape index (κ1) is 14.9. The Labute approximate surface area is 144 Å². The molecule has 5 nitrogen and oxygen atoms in total. The lowest BCUT2D eigenvalue weighted by Crippen LogP contribution is -2.50. The van der Waals surface area contributed by atoms with Crippen LogP contribution in [-0.2, 0) is 11.2 Å². The zero-order chi connectivity index (χ0) is 16.7. The van der Waals surface area contributed by atoms with Crippen molar-refractivity contribution < 1.29 is 9.53 Å². The van der Waals surface area contributed by atoms with Crippen molar-refractivity contribution in [3.05, 3.63) is 64.3 Å². The van der Waals surface area contributed by atoms with Crippen LogP contribution in [0.2, 0.25) is 5.02 Å². The number of rotatable bonds is 2. The van der Waals surface area contributed by atoms with Crippen LogP contribution in [0.15, 0.2) is 53.7 Å². The van der Waals surface area contributed by atoms with Crippen molar-refractivity contribution in [2.75, 3.05) is 24.0 Å². The Morgan fingerprint density at radius 2 is 1.96 bits per heavy atom. The molecule has 2 aromatic rings. The van der Waals surface area contributed by atoms with Crippen LogP contribution in [-0.4, -0.2) is 19.6 Å². The molecular weight excluding hydrogens is 326 g/mol. The summed E-state index contributed by atoms with van der Waals surface area (Å²) in [5, 5.41) is 5.77. The van der Waals surface area contributed by atoms with Gasteiger partial charge in [-0.25, -0.2) is 0 Å². The number of carbonyl (C=O) groups is 1. The topological polar surface area (TPSA) is 53.6 Å². The summed E-state index contributed by atoms with van der Waals surface area (Å²) >= 11 is 6.09. The SMILES string of the molecule is COc1ccc(N2CC3=C(Nc4ccc(Cl)cc4C3)C(=O)N2)cc1. The van der Waals surface area contributed by atoms with E-state index in [-0.39, 0.29) is 5.91 Å². The maximum Gasteiger partial charge on any atom is 0.286 e. The van der Waals surface area contributed by atoms with Crippen molar-refractivity contribution in [1.29, 1.82) is 0 Å². The van der Waals surface area contributed by atoms with Gasteiger partial charge in [-0.1, -0.05) is 11.6 Å². The van der Waals surface area contributed by atoms with Gasteiger partial charge in [0.2, 0.25) is 0 Å². The zero-order valence-corrected chi connectivity index (χ0v) is 13.9. The zero-order valence-electron chi connectivity index (χ0n) is 13.1. The highest BCUT2D eigenvalue weighted by Gasteiger charge is 2.29. The fourth-order valence-corrected chi connectivity index (χ4v) is 3.25. The Bertz CT molecular complexity index is 846. The fourth-order valence-electron chi connectivity index (χ4n) is 3.05. The number of nitrogens with zero attached hydrogens (tertiary/aromatic N) is 1. The minimum Gasteiger partial charge on any atom is -0.497 e. The van der Waals surface area contributed by atoms with E-state index in [1.165, 1.54) is 0 Å². The number of anilines is 2. The Hall–Kier alpha value is -2.66. The monoisotopic (exact) mass is 341 g/mol. The molecule has 0 spiro atoms. The first-order valence-corrected chi connectivity index (χ1v) is 8.02. The molecule has 122 valence electrons. The number of halogens is 1. The number of hydrogen-bond donors (Lipinski definition) is 2. The molecule has 0 aromatic heterocycles.